The molecule has 18 heavy (non-hydrogen) atoms. The molecule has 96 valence electrons. The number of benzene rings is 1. The van der Waals surface area contributed by atoms with Gasteiger partial charge in [0, 0.05) is 11.0 Å². The lowest BCUT2D eigenvalue weighted by atomic mass is 10.1. The third-order valence-electron chi connectivity index (χ3n) is 2.58. The number of furan rings is 1. The molecule has 0 saturated carbocycles. The van der Waals surface area contributed by atoms with Crippen molar-refractivity contribution >= 4 is 15.9 Å². The Morgan fingerprint density at radius 1 is 1.28 bits per heavy atom. The molecule has 0 atom stereocenters. The van der Waals surface area contributed by atoms with Crippen LogP contribution in [0.1, 0.15) is 16.9 Å². The summed E-state index contributed by atoms with van der Waals surface area (Å²) in [4.78, 5) is 0. The van der Waals surface area contributed by atoms with Crippen LogP contribution in [0, 0.1) is 0 Å². The van der Waals surface area contributed by atoms with E-state index in [9.17, 15) is 0 Å². The maximum absolute atomic E-state index is 5.61. The molecule has 0 aliphatic heterocycles. The van der Waals surface area contributed by atoms with Crippen LogP contribution in [-0.4, -0.2) is 7.05 Å². The Labute approximate surface area is 115 Å². The molecule has 1 heterocycles. The molecule has 0 bridgehead atoms. The molecule has 2 rings (SSSR count). The number of nitrogens with one attached hydrogen (secondary N) is 1. The second-order valence-electron chi connectivity index (χ2n) is 4.03. The summed E-state index contributed by atoms with van der Waals surface area (Å²) >= 11 is 3.56. The normalized spacial score (nSPS) is 10.8. The number of rotatable bonds is 6. The first-order valence-corrected chi connectivity index (χ1v) is 6.61. The Kier molecular flexibility index (Phi) is 4.99. The van der Waals surface area contributed by atoms with Gasteiger partial charge in [-0.15, -0.1) is 0 Å². The van der Waals surface area contributed by atoms with Crippen LogP contribution in [0.2, 0.25) is 0 Å². The SMILES string of the molecule is CNCc1ccc(COCc2ccco2)c(Br)c1. The van der Waals surface area contributed by atoms with E-state index in [-0.39, 0.29) is 0 Å². The fourth-order valence-corrected chi connectivity index (χ4v) is 2.22. The lowest BCUT2D eigenvalue weighted by Gasteiger charge is -2.07. The fourth-order valence-electron chi connectivity index (χ4n) is 1.68. The lowest BCUT2D eigenvalue weighted by molar-refractivity contribution is 0.0925. The molecule has 0 radical (unpaired) electrons. The second-order valence-corrected chi connectivity index (χ2v) is 4.88. The molecular formula is C14H16BrNO2. The monoisotopic (exact) mass is 309 g/mol. The minimum atomic E-state index is 0.498. The summed E-state index contributed by atoms with van der Waals surface area (Å²) in [7, 11) is 1.94. The van der Waals surface area contributed by atoms with Gasteiger partial charge in [0.05, 0.1) is 12.9 Å². The van der Waals surface area contributed by atoms with Crippen LogP contribution >= 0.6 is 15.9 Å². The first-order valence-electron chi connectivity index (χ1n) is 5.81. The van der Waals surface area contributed by atoms with Crippen molar-refractivity contribution in [3.63, 3.8) is 0 Å². The van der Waals surface area contributed by atoms with Crippen LogP contribution in [0.3, 0.4) is 0 Å². The summed E-state index contributed by atoms with van der Waals surface area (Å²) in [5, 5.41) is 3.13. The molecule has 0 saturated heterocycles. The number of hydrogen-bond donors (Lipinski definition) is 1. The maximum atomic E-state index is 5.61. The molecule has 0 spiro atoms. The molecule has 0 aliphatic carbocycles. The number of halogens is 1. The van der Waals surface area contributed by atoms with E-state index < -0.39 is 0 Å². The predicted octanol–water partition coefficient (Wildman–Crippen LogP) is 3.48. The van der Waals surface area contributed by atoms with Crippen LogP contribution in [-0.2, 0) is 24.5 Å². The van der Waals surface area contributed by atoms with Crippen LogP contribution in [0.15, 0.2) is 45.5 Å². The summed E-state index contributed by atoms with van der Waals surface area (Å²) in [6, 6.07) is 10.1. The molecule has 1 N–H and O–H groups in total. The van der Waals surface area contributed by atoms with Crippen molar-refractivity contribution in [2.45, 2.75) is 19.8 Å². The van der Waals surface area contributed by atoms with Crippen molar-refractivity contribution in [3.05, 3.63) is 58.0 Å². The van der Waals surface area contributed by atoms with Crippen molar-refractivity contribution in [2.24, 2.45) is 0 Å². The smallest absolute Gasteiger partial charge is 0.129 e. The van der Waals surface area contributed by atoms with Gasteiger partial charge in [0.1, 0.15) is 12.4 Å². The zero-order valence-corrected chi connectivity index (χ0v) is 11.9. The van der Waals surface area contributed by atoms with Gasteiger partial charge in [0.25, 0.3) is 0 Å². The average Bonchev–Trinajstić information content (AvgIpc) is 2.85. The molecule has 0 fully saturated rings. The van der Waals surface area contributed by atoms with Gasteiger partial charge in [-0.3, -0.25) is 0 Å². The fraction of sp³-hybridized carbons (Fsp3) is 0.286. The third-order valence-corrected chi connectivity index (χ3v) is 3.32. The summed E-state index contributed by atoms with van der Waals surface area (Å²) in [6.45, 7) is 1.94. The van der Waals surface area contributed by atoms with Gasteiger partial charge in [0.15, 0.2) is 0 Å². The Hall–Kier alpha value is -1.10. The Bertz CT molecular complexity index is 483. The van der Waals surface area contributed by atoms with Crippen LogP contribution in [0.25, 0.3) is 0 Å². The van der Waals surface area contributed by atoms with E-state index in [0.29, 0.717) is 13.2 Å². The van der Waals surface area contributed by atoms with Gasteiger partial charge < -0.3 is 14.5 Å². The van der Waals surface area contributed by atoms with E-state index >= 15 is 0 Å². The number of hydrogen-bond acceptors (Lipinski definition) is 3. The van der Waals surface area contributed by atoms with Crippen molar-refractivity contribution in [1.29, 1.82) is 0 Å². The largest absolute Gasteiger partial charge is 0.467 e. The first kappa shape index (κ1) is 13.3. The summed E-state index contributed by atoms with van der Waals surface area (Å²) in [5.74, 6) is 0.845. The van der Waals surface area contributed by atoms with Gasteiger partial charge >= 0.3 is 0 Å². The van der Waals surface area contributed by atoms with E-state index in [1.807, 2.05) is 19.2 Å². The molecule has 0 unspecified atom stereocenters. The maximum Gasteiger partial charge on any atom is 0.129 e. The highest BCUT2D eigenvalue weighted by molar-refractivity contribution is 9.10. The van der Waals surface area contributed by atoms with E-state index in [2.05, 4.69) is 39.4 Å². The van der Waals surface area contributed by atoms with Crippen LogP contribution in [0.5, 0.6) is 0 Å². The zero-order valence-electron chi connectivity index (χ0n) is 10.3. The van der Waals surface area contributed by atoms with E-state index in [1.54, 1.807) is 6.26 Å². The Balaban J connectivity index is 1.89. The molecule has 4 heteroatoms. The van der Waals surface area contributed by atoms with Gasteiger partial charge in [-0.05, 0) is 36.4 Å². The van der Waals surface area contributed by atoms with E-state index in [1.165, 1.54) is 5.56 Å². The molecule has 0 amide bonds. The van der Waals surface area contributed by atoms with Crippen LogP contribution < -0.4 is 5.32 Å². The molecular weight excluding hydrogens is 294 g/mol. The highest BCUT2D eigenvalue weighted by Gasteiger charge is 2.03. The standard InChI is InChI=1S/C14H16BrNO2/c1-16-8-11-4-5-12(14(15)7-11)9-17-10-13-3-2-6-18-13/h2-7,16H,8-10H2,1H3. The summed E-state index contributed by atoms with van der Waals surface area (Å²) < 4.78 is 11.9. The van der Waals surface area contributed by atoms with Crippen molar-refractivity contribution in [3.8, 4) is 0 Å². The minimum Gasteiger partial charge on any atom is -0.467 e. The molecule has 3 nitrogen and oxygen atoms in total. The Morgan fingerprint density at radius 2 is 2.17 bits per heavy atom. The van der Waals surface area contributed by atoms with Gasteiger partial charge in [-0.25, -0.2) is 0 Å². The Morgan fingerprint density at radius 3 is 2.83 bits per heavy atom. The van der Waals surface area contributed by atoms with Crippen LogP contribution in [0.4, 0.5) is 0 Å². The average molecular weight is 310 g/mol. The summed E-state index contributed by atoms with van der Waals surface area (Å²) in [5.41, 5.74) is 2.39. The first-order chi connectivity index (χ1) is 8.79. The zero-order chi connectivity index (χ0) is 12.8. The molecule has 1 aromatic carbocycles. The second kappa shape index (κ2) is 6.73. The topological polar surface area (TPSA) is 34.4 Å². The summed E-state index contributed by atoms with van der Waals surface area (Å²) in [6.07, 6.45) is 1.65. The molecule has 1 aromatic heterocycles. The van der Waals surface area contributed by atoms with E-state index in [4.69, 9.17) is 9.15 Å². The minimum absolute atomic E-state index is 0.498. The third kappa shape index (κ3) is 3.70. The van der Waals surface area contributed by atoms with Gasteiger partial charge in [0.2, 0.25) is 0 Å². The number of ether oxygens (including phenoxy) is 1. The molecule has 2 aromatic rings. The quantitative estimate of drug-likeness (QED) is 0.887. The van der Waals surface area contributed by atoms with Crippen molar-refractivity contribution in [1.82, 2.24) is 5.32 Å². The lowest BCUT2D eigenvalue weighted by Crippen LogP contribution is -2.05. The van der Waals surface area contributed by atoms with E-state index in [0.717, 1.165) is 22.3 Å². The molecule has 0 aliphatic rings. The van der Waals surface area contributed by atoms with Crippen molar-refractivity contribution in [2.75, 3.05) is 7.05 Å². The van der Waals surface area contributed by atoms with Gasteiger partial charge in [-0.2, -0.15) is 0 Å². The predicted molar refractivity (Wildman–Crippen MR) is 74.1 cm³/mol. The van der Waals surface area contributed by atoms with Gasteiger partial charge in [-0.1, -0.05) is 28.1 Å². The highest BCUT2D eigenvalue weighted by atomic mass is 79.9. The van der Waals surface area contributed by atoms with Crippen molar-refractivity contribution < 1.29 is 9.15 Å². The highest BCUT2D eigenvalue weighted by Crippen LogP contribution is 2.20.